The normalized spacial score (nSPS) is 14.5. The smallest absolute Gasteiger partial charge is 0.264 e. The van der Waals surface area contributed by atoms with Gasteiger partial charge in [-0.1, -0.05) is 73.0 Å². The lowest BCUT2D eigenvalue weighted by Gasteiger charge is -2.33. The van der Waals surface area contributed by atoms with Crippen LogP contribution in [0.4, 0.5) is 5.69 Å². The second kappa shape index (κ2) is 12.7. The molecule has 1 fully saturated rings. The molecule has 1 aliphatic rings. The number of nitrogens with one attached hydrogen (secondary N) is 1. The van der Waals surface area contributed by atoms with Gasteiger partial charge in [-0.05, 0) is 75.4 Å². The third-order valence-corrected chi connectivity index (χ3v) is 9.32. The number of nitrogens with zero attached hydrogens (tertiary/aromatic N) is 2. The van der Waals surface area contributed by atoms with Crippen molar-refractivity contribution in [3.05, 3.63) is 95.1 Å². The predicted molar refractivity (Wildman–Crippen MR) is 158 cm³/mol. The molecule has 0 saturated heterocycles. The Balaban J connectivity index is 1.71. The molecule has 4 rings (SSSR count). The molecular weight excluding hydrogens is 522 g/mol. The number of carbonyl (C=O) groups excluding carboxylic acids is 2. The predicted octanol–water partition coefficient (Wildman–Crippen LogP) is 5.28. The van der Waals surface area contributed by atoms with Crippen molar-refractivity contribution in [1.29, 1.82) is 0 Å². The van der Waals surface area contributed by atoms with E-state index < -0.39 is 28.5 Å². The highest BCUT2D eigenvalue weighted by atomic mass is 32.2. The van der Waals surface area contributed by atoms with Crippen LogP contribution in [0.15, 0.2) is 77.7 Å². The van der Waals surface area contributed by atoms with Gasteiger partial charge in [-0.3, -0.25) is 13.9 Å². The Hall–Kier alpha value is -3.65. The zero-order valence-corrected chi connectivity index (χ0v) is 24.6. The molecule has 1 N–H and O–H groups in total. The Labute approximate surface area is 238 Å². The summed E-state index contributed by atoms with van der Waals surface area (Å²) in [7, 11) is -4.08. The Morgan fingerprint density at radius 3 is 2.25 bits per heavy atom. The summed E-state index contributed by atoms with van der Waals surface area (Å²) in [5.74, 6) is -0.673. The van der Waals surface area contributed by atoms with Gasteiger partial charge in [-0.25, -0.2) is 8.42 Å². The van der Waals surface area contributed by atoms with E-state index in [1.54, 1.807) is 31.2 Å². The van der Waals surface area contributed by atoms with E-state index in [4.69, 9.17) is 0 Å². The highest BCUT2D eigenvalue weighted by Gasteiger charge is 2.33. The molecule has 1 unspecified atom stereocenters. The van der Waals surface area contributed by atoms with Gasteiger partial charge in [0.15, 0.2) is 0 Å². The number of aryl methyl sites for hydroxylation is 3. The average Bonchev–Trinajstić information content (AvgIpc) is 3.45. The van der Waals surface area contributed by atoms with Crippen molar-refractivity contribution in [1.82, 2.24) is 10.2 Å². The van der Waals surface area contributed by atoms with Crippen molar-refractivity contribution in [3.63, 3.8) is 0 Å². The standard InChI is InChI=1S/C32H39N3O4S/c1-23-11-10-12-27(19-23)21-34(26(4)32(37)33-28-13-8-9-14-28)31(36)22-35(30-20-24(2)17-18-25(30)3)40(38,39)29-15-6-5-7-16-29/h5-7,10-12,15-20,26,28H,8-9,13-14,21-22H2,1-4H3,(H,33,37). The molecule has 8 heteroatoms. The van der Waals surface area contributed by atoms with Crippen LogP contribution in [0.3, 0.4) is 0 Å². The van der Waals surface area contributed by atoms with E-state index in [1.807, 2.05) is 57.2 Å². The first-order valence-electron chi connectivity index (χ1n) is 13.9. The van der Waals surface area contributed by atoms with Crippen molar-refractivity contribution in [3.8, 4) is 0 Å². The number of amides is 2. The molecule has 0 bridgehead atoms. The fourth-order valence-electron chi connectivity index (χ4n) is 5.20. The van der Waals surface area contributed by atoms with Crippen molar-refractivity contribution in [2.45, 2.75) is 76.9 Å². The first-order valence-corrected chi connectivity index (χ1v) is 15.3. The summed E-state index contributed by atoms with van der Waals surface area (Å²) in [5, 5.41) is 3.10. The maximum atomic E-state index is 14.1. The molecule has 3 aromatic rings. The molecule has 212 valence electrons. The molecule has 1 saturated carbocycles. The van der Waals surface area contributed by atoms with E-state index in [9.17, 15) is 18.0 Å². The van der Waals surface area contributed by atoms with E-state index in [-0.39, 0.29) is 23.4 Å². The minimum atomic E-state index is -4.08. The third-order valence-electron chi connectivity index (χ3n) is 7.55. The zero-order valence-electron chi connectivity index (χ0n) is 23.8. The van der Waals surface area contributed by atoms with Gasteiger partial charge >= 0.3 is 0 Å². The highest BCUT2D eigenvalue weighted by Crippen LogP contribution is 2.28. The Kier molecular flexibility index (Phi) is 9.30. The van der Waals surface area contributed by atoms with Crippen LogP contribution < -0.4 is 9.62 Å². The highest BCUT2D eigenvalue weighted by molar-refractivity contribution is 7.92. The summed E-state index contributed by atoms with van der Waals surface area (Å²) >= 11 is 0. The van der Waals surface area contributed by atoms with E-state index in [0.717, 1.165) is 47.9 Å². The SMILES string of the molecule is Cc1cccc(CN(C(=O)CN(c2cc(C)ccc2C)S(=O)(=O)c2ccccc2)C(C)C(=O)NC2CCCC2)c1. The first kappa shape index (κ1) is 29.3. The third kappa shape index (κ3) is 6.91. The van der Waals surface area contributed by atoms with Gasteiger partial charge in [0.2, 0.25) is 11.8 Å². The number of carbonyl (C=O) groups is 2. The van der Waals surface area contributed by atoms with Crippen molar-refractivity contribution >= 4 is 27.5 Å². The summed E-state index contributed by atoms with van der Waals surface area (Å²) in [6.07, 6.45) is 4.01. The molecule has 0 radical (unpaired) electrons. The Morgan fingerprint density at radius 2 is 1.57 bits per heavy atom. The van der Waals surface area contributed by atoms with Gasteiger partial charge in [0.05, 0.1) is 10.6 Å². The summed E-state index contributed by atoms with van der Waals surface area (Å²) in [5.41, 5.74) is 3.96. The Bertz CT molecular complexity index is 1450. The number of anilines is 1. The van der Waals surface area contributed by atoms with Crippen molar-refractivity contribution < 1.29 is 18.0 Å². The van der Waals surface area contributed by atoms with E-state index in [0.29, 0.717) is 5.69 Å². The van der Waals surface area contributed by atoms with E-state index in [2.05, 4.69) is 5.32 Å². The molecule has 3 aromatic carbocycles. The number of rotatable bonds is 10. The lowest BCUT2D eigenvalue weighted by molar-refractivity contribution is -0.139. The van der Waals surface area contributed by atoms with Crippen LogP contribution >= 0.6 is 0 Å². The summed E-state index contributed by atoms with van der Waals surface area (Å²) in [4.78, 5) is 29.0. The van der Waals surface area contributed by atoms with Gasteiger partial charge in [0.25, 0.3) is 10.0 Å². The molecule has 40 heavy (non-hydrogen) atoms. The largest absolute Gasteiger partial charge is 0.352 e. The molecule has 0 aromatic heterocycles. The topological polar surface area (TPSA) is 86.8 Å². The van der Waals surface area contributed by atoms with Gasteiger partial charge in [0, 0.05) is 12.6 Å². The fourth-order valence-corrected chi connectivity index (χ4v) is 6.69. The molecule has 0 spiro atoms. The van der Waals surface area contributed by atoms with Crippen LogP contribution in [0, 0.1) is 20.8 Å². The van der Waals surface area contributed by atoms with Crippen molar-refractivity contribution in [2.75, 3.05) is 10.8 Å². The van der Waals surface area contributed by atoms with Crippen LogP contribution in [0.5, 0.6) is 0 Å². The van der Waals surface area contributed by atoms with Crippen LogP contribution in [0.1, 0.15) is 54.9 Å². The van der Waals surface area contributed by atoms with Crippen LogP contribution in [-0.2, 0) is 26.2 Å². The van der Waals surface area contributed by atoms with E-state index >= 15 is 0 Å². The van der Waals surface area contributed by atoms with Crippen LogP contribution in [0.25, 0.3) is 0 Å². The van der Waals surface area contributed by atoms with Gasteiger partial charge in [-0.2, -0.15) is 0 Å². The number of hydrogen-bond acceptors (Lipinski definition) is 4. The van der Waals surface area contributed by atoms with Gasteiger partial charge < -0.3 is 10.2 Å². The number of benzene rings is 3. The zero-order chi connectivity index (χ0) is 28.9. The quantitative estimate of drug-likeness (QED) is 0.365. The summed E-state index contributed by atoms with van der Waals surface area (Å²) < 4.78 is 29.1. The maximum absolute atomic E-state index is 14.1. The minimum absolute atomic E-state index is 0.0981. The molecule has 2 amide bonds. The molecular formula is C32H39N3O4S. The summed E-state index contributed by atoms with van der Waals surface area (Å²) in [6.45, 7) is 7.15. The number of hydrogen-bond donors (Lipinski definition) is 1. The first-order chi connectivity index (χ1) is 19.1. The monoisotopic (exact) mass is 561 g/mol. The molecule has 1 aliphatic carbocycles. The lowest BCUT2D eigenvalue weighted by atomic mass is 10.1. The second-order valence-electron chi connectivity index (χ2n) is 10.8. The van der Waals surface area contributed by atoms with Crippen LogP contribution in [0.2, 0.25) is 0 Å². The van der Waals surface area contributed by atoms with Gasteiger partial charge in [-0.15, -0.1) is 0 Å². The average molecular weight is 562 g/mol. The molecule has 1 atom stereocenters. The molecule has 0 aliphatic heterocycles. The second-order valence-corrected chi connectivity index (χ2v) is 12.7. The van der Waals surface area contributed by atoms with Crippen molar-refractivity contribution in [2.24, 2.45) is 0 Å². The Morgan fingerprint density at radius 1 is 0.900 bits per heavy atom. The summed E-state index contributed by atoms with van der Waals surface area (Å²) in [6, 6.07) is 20.8. The number of sulfonamides is 1. The molecule has 0 heterocycles. The molecule has 7 nitrogen and oxygen atoms in total. The van der Waals surface area contributed by atoms with Crippen LogP contribution in [-0.4, -0.2) is 43.8 Å². The minimum Gasteiger partial charge on any atom is -0.352 e. The van der Waals surface area contributed by atoms with E-state index in [1.165, 1.54) is 21.3 Å². The fraction of sp³-hybridized carbons (Fsp3) is 0.375. The lowest BCUT2D eigenvalue weighted by Crippen LogP contribution is -2.52. The maximum Gasteiger partial charge on any atom is 0.264 e. The van der Waals surface area contributed by atoms with Gasteiger partial charge in [0.1, 0.15) is 12.6 Å².